The van der Waals surface area contributed by atoms with Crippen molar-refractivity contribution in [3.05, 3.63) is 95.3 Å². The lowest BCUT2D eigenvalue weighted by atomic mass is 10.1. The molecule has 0 fully saturated rings. The maximum absolute atomic E-state index is 14.4. The Bertz CT molecular complexity index is 990. The first-order chi connectivity index (χ1) is 16.1. The Morgan fingerprint density at radius 2 is 1.45 bits per heavy atom. The number of nitrogens with one attached hydrogen (secondary N) is 2. The minimum absolute atomic E-state index is 0.114. The smallest absolute Gasteiger partial charge is 0.256 e. The summed E-state index contributed by atoms with van der Waals surface area (Å²) in [5.41, 5.74) is 1.35. The number of ether oxygens (including phenoxy) is 1. The van der Waals surface area contributed by atoms with Crippen molar-refractivity contribution in [2.24, 2.45) is 0 Å². The molecule has 0 saturated carbocycles. The SMILES string of the molecule is CC.CC.COc1ccc(C(=O)Nc2cccc(F)c2C(=O)NCCc2ccccc2)cc1. The van der Waals surface area contributed by atoms with E-state index in [0.717, 1.165) is 5.56 Å². The Morgan fingerprint density at radius 3 is 2.06 bits per heavy atom. The minimum Gasteiger partial charge on any atom is -0.497 e. The van der Waals surface area contributed by atoms with Crippen LogP contribution in [-0.4, -0.2) is 25.5 Å². The number of halogens is 1. The lowest BCUT2D eigenvalue weighted by molar-refractivity contribution is 0.0951. The molecule has 6 heteroatoms. The molecule has 3 rings (SSSR count). The van der Waals surface area contributed by atoms with Crippen LogP contribution in [0.4, 0.5) is 10.1 Å². The van der Waals surface area contributed by atoms with Gasteiger partial charge >= 0.3 is 0 Å². The molecule has 0 radical (unpaired) electrons. The zero-order valence-electron chi connectivity index (χ0n) is 19.9. The first-order valence-corrected chi connectivity index (χ1v) is 11.1. The van der Waals surface area contributed by atoms with Gasteiger partial charge in [-0.3, -0.25) is 9.59 Å². The standard InChI is InChI=1S/C23H21FN2O3.2C2H6/c1-29-18-12-10-17(11-13-18)22(27)26-20-9-5-8-19(24)21(20)23(28)25-15-14-16-6-3-2-4-7-16;2*1-2/h2-13H,14-15H2,1H3,(H,25,28)(H,26,27);2*1-2H3. The predicted molar refractivity (Wildman–Crippen MR) is 133 cm³/mol. The predicted octanol–water partition coefficient (Wildman–Crippen LogP) is 6.11. The fourth-order valence-corrected chi connectivity index (χ4v) is 2.85. The second-order valence-corrected chi connectivity index (χ2v) is 6.34. The van der Waals surface area contributed by atoms with Crippen molar-refractivity contribution in [3.8, 4) is 5.75 Å². The summed E-state index contributed by atoms with van der Waals surface area (Å²) < 4.78 is 19.4. The number of anilines is 1. The van der Waals surface area contributed by atoms with E-state index < -0.39 is 17.6 Å². The molecule has 176 valence electrons. The number of carbonyl (C=O) groups is 2. The van der Waals surface area contributed by atoms with Crippen LogP contribution in [0.1, 0.15) is 54.0 Å². The highest BCUT2D eigenvalue weighted by molar-refractivity contribution is 6.09. The molecule has 2 amide bonds. The number of benzene rings is 3. The fraction of sp³-hybridized carbons (Fsp3) is 0.259. The average Bonchev–Trinajstić information content (AvgIpc) is 2.87. The summed E-state index contributed by atoms with van der Waals surface area (Å²) in [6.45, 7) is 8.35. The van der Waals surface area contributed by atoms with Gasteiger partial charge in [-0.2, -0.15) is 0 Å². The molecule has 3 aromatic rings. The Balaban J connectivity index is 0.00000129. The Hall–Kier alpha value is -3.67. The normalized spacial score (nSPS) is 9.39. The van der Waals surface area contributed by atoms with Gasteiger partial charge < -0.3 is 15.4 Å². The van der Waals surface area contributed by atoms with Crippen LogP contribution < -0.4 is 15.4 Å². The Kier molecular flexibility index (Phi) is 12.6. The van der Waals surface area contributed by atoms with Crippen LogP contribution in [0.3, 0.4) is 0 Å². The maximum Gasteiger partial charge on any atom is 0.256 e. The molecule has 0 heterocycles. The first-order valence-electron chi connectivity index (χ1n) is 11.1. The second-order valence-electron chi connectivity index (χ2n) is 6.34. The lowest BCUT2D eigenvalue weighted by Gasteiger charge is -2.13. The monoisotopic (exact) mass is 452 g/mol. The van der Waals surface area contributed by atoms with Crippen molar-refractivity contribution >= 4 is 17.5 Å². The molecule has 3 aromatic carbocycles. The summed E-state index contributed by atoms with van der Waals surface area (Å²) in [5.74, 6) is -1.11. The van der Waals surface area contributed by atoms with Gasteiger partial charge in [0.2, 0.25) is 0 Å². The third kappa shape index (κ3) is 8.41. The summed E-state index contributed by atoms with van der Waals surface area (Å²) in [4.78, 5) is 25.1. The van der Waals surface area contributed by atoms with Crippen LogP contribution >= 0.6 is 0 Å². The molecule has 0 aliphatic rings. The molecule has 33 heavy (non-hydrogen) atoms. The fourth-order valence-electron chi connectivity index (χ4n) is 2.85. The third-order valence-electron chi connectivity index (χ3n) is 4.38. The number of hydrogen-bond acceptors (Lipinski definition) is 3. The van der Waals surface area contributed by atoms with Crippen molar-refractivity contribution in [1.82, 2.24) is 5.32 Å². The molecule has 2 N–H and O–H groups in total. The van der Waals surface area contributed by atoms with Gasteiger partial charge in [-0.25, -0.2) is 4.39 Å². The largest absolute Gasteiger partial charge is 0.497 e. The Labute approximate surface area is 196 Å². The molecule has 0 spiro atoms. The van der Waals surface area contributed by atoms with E-state index in [4.69, 9.17) is 4.74 Å². The topological polar surface area (TPSA) is 67.4 Å². The van der Waals surface area contributed by atoms with Crippen LogP contribution in [0.15, 0.2) is 72.8 Å². The van der Waals surface area contributed by atoms with Gasteiger partial charge in [-0.1, -0.05) is 64.1 Å². The van der Waals surface area contributed by atoms with Crippen LogP contribution in [0.2, 0.25) is 0 Å². The number of carbonyl (C=O) groups excluding carboxylic acids is 2. The molecule has 0 saturated heterocycles. The van der Waals surface area contributed by atoms with E-state index in [9.17, 15) is 14.0 Å². The van der Waals surface area contributed by atoms with E-state index >= 15 is 0 Å². The quantitative estimate of drug-likeness (QED) is 0.454. The van der Waals surface area contributed by atoms with Crippen molar-refractivity contribution < 1.29 is 18.7 Å². The molecule has 0 bridgehead atoms. The van der Waals surface area contributed by atoms with Crippen LogP contribution in [-0.2, 0) is 6.42 Å². The number of methoxy groups -OCH3 is 1. The maximum atomic E-state index is 14.4. The molecule has 0 atom stereocenters. The zero-order chi connectivity index (χ0) is 24.6. The van der Waals surface area contributed by atoms with Gasteiger partial charge in [0.05, 0.1) is 18.4 Å². The average molecular weight is 453 g/mol. The molecule has 0 aliphatic carbocycles. The van der Waals surface area contributed by atoms with E-state index in [1.807, 2.05) is 58.0 Å². The lowest BCUT2D eigenvalue weighted by Crippen LogP contribution is -2.28. The highest BCUT2D eigenvalue weighted by Gasteiger charge is 2.18. The van der Waals surface area contributed by atoms with Gasteiger partial charge in [-0.05, 0) is 48.4 Å². The molecule has 0 aliphatic heterocycles. The summed E-state index contributed by atoms with van der Waals surface area (Å²) in [5, 5.41) is 5.32. The van der Waals surface area contributed by atoms with Gasteiger partial charge in [0.25, 0.3) is 11.8 Å². The van der Waals surface area contributed by atoms with E-state index in [-0.39, 0.29) is 11.3 Å². The highest BCUT2D eigenvalue weighted by Crippen LogP contribution is 2.20. The van der Waals surface area contributed by atoms with E-state index in [0.29, 0.717) is 24.3 Å². The van der Waals surface area contributed by atoms with Gasteiger partial charge in [0, 0.05) is 12.1 Å². The van der Waals surface area contributed by atoms with Crippen molar-refractivity contribution in [2.75, 3.05) is 19.0 Å². The molecule has 0 aromatic heterocycles. The zero-order valence-corrected chi connectivity index (χ0v) is 19.9. The number of amides is 2. The van der Waals surface area contributed by atoms with Crippen molar-refractivity contribution in [2.45, 2.75) is 34.1 Å². The van der Waals surface area contributed by atoms with E-state index in [1.54, 1.807) is 24.3 Å². The number of hydrogen-bond donors (Lipinski definition) is 2. The number of rotatable bonds is 7. The van der Waals surface area contributed by atoms with Crippen molar-refractivity contribution in [1.29, 1.82) is 0 Å². The third-order valence-corrected chi connectivity index (χ3v) is 4.38. The van der Waals surface area contributed by atoms with Crippen LogP contribution in [0.5, 0.6) is 5.75 Å². The summed E-state index contributed by atoms with van der Waals surface area (Å²) in [6, 6.07) is 20.3. The molecular formula is C27H33FN2O3. The van der Waals surface area contributed by atoms with Gasteiger partial charge in [0.1, 0.15) is 11.6 Å². The highest BCUT2D eigenvalue weighted by atomic mass is 19.1. The summed E-state index contributed by atoms with van der Waals surface area (Å²) in [6.07, 6.45) is 0.620. The van der Waals surface area contributed by atoms with Crippen LogP contribution in [0.25, 0.3) is 0 Å². The molecule has 5 nitrogen and oxygen atoms in total. The van der Waals surface area contributed by atoms with E-state index in [2.05, 4.69) is 10.6 Å². The van der Waals surface area contributed by atoms with E-state index in [1.165, 1.54) is 25.3 Å². The van der Waals surface area contributed by atoms with Crippen LogP contribution in [0, 0.1) is 5.82 Å². The summed E-state index contributed by atoms with van der Waals surface area (Å²) >= 11 is 0. The summed E-state index contributed by atoms with van der Waals surface area (Å²) in [7, 11) is 1.53. The second kappa shape index (κ2) is 15.2. The van der Waals surface area contributed by atoms with Gasteiger partial charge in [-0.15, -0.1) is 0 Å². The first kappa shape index (κ1) is 27.4. The Morgan fingerprint density at radius 1 is 0.818 bits per heavy atom. The molecule has 0 unspecified atom stereocenters. The van der Waals surface area contributed by atoms with Crippen molar-refractivity contribution in [3.63, 3.8) is 0 Å². The van der Waals surface area contributed by atoms with Gasteiger partial charge in [0.15, 0.2) is 0 Å². The molecular weight excluding hydrogens is 419 g/mol. The minimum atomic E-state index is -0.699.